The molecule has 0 aliphatic carbocycles. The van der Waals surface area contributed by atoms with E-state index in [0.717, 1.165) is 0 Å². The van der Waals surface area contributed by atoms with Gasteiger partial charge in [0, 0.05) is 35.7 Å². The summed E-state index contributed by atoms with van der Waals surface area (Å²) in [5, 5.41) is 6.47. The number of anilines is 1. The predicted molar refractivity (Wildman–Crippen MR) is 104 cm³/mol. The van der Waals surface area contributed by atoms with Gasteiger partial charge in [-0.15, -0.1) is 0 Å². The van der Waals surface area contributed by atoms with E-state index in [4.69, 9.17) is 32.7 Å². The van der Waals surface area contributed by atoms with Crippen LogP contribution in [0.1, 0.15) is 23.2 Å². The molecule has 142 valence electrons. The van der Waals surface area contributed by atoms with E-state index in [1.165, 1.54) is 0 Å². The summed E-state index contributed by atoms with van der Waals surface area (Å²) in [7, 11) is 0. The highest BCUT2D eigenvalue weighted by Gasteiger charge is 2.16. The molecule has 0 aromatic heterocycles. The summed E-state index contributed by atoms with van der Waals surface area (Å²) in [5.41, 5.74) is 0.989. The normalized spacial score (nSPS) is 12.4. The maximum absolute atomic E-state index is 12.1. The number of fused-ring (bicyclic) bond motifs is 1. The predicted octanol–water partition coefficient (Wildman–Crippen LogP) is 3.91. The second-order valence-corrected chi connectivity index (χ2v) is 6.73. The molecule has 0 unspecified atom stereocenters. The van der Waals surface area contributed by atoms with Gasteiger partial charge in [-0.05, 0) is 30.7 Å². The Kier molecular flexibility index (Phi) is 6.42. The molecule has 0 fully saturated rings. The van der Waals surface area contributed by atoms with E-state index in [9.17, 15) is 9.59 Å². The number of carbonyl (C=O) groups is 2. The largest absolute Gasteiger partial charge is 0.486 e. The molecule has 0 bridgehead atoms. The van der Waals surface area contributed by atoms with Gasteiger partial charge in [0.1, 0.15) is 13.2 Å². The molecule has 1 aliphatic rings. The Morgan fingerprint density at radius 3 is 2.37 bits per heavy atom. The van der Waals surface area contributed by atoms with Gasteiger partial charge >= 0.3 is 0 Å². The monoisotopic (exact) mass is 408 g/mol. The van der Waals surface area contributed by atoms with Gasteiger partial charge in [-0.2, -0.15) is 0 Å². The van der Waals surface area contributed by atoms with E-state index in [-0.39, 0.29) is 18.2 Å². The van der Waals surface area contributed by atoms with Crippen molar-refractivity contribution in [3.63, 3.8) is 0 Å². The average Bonchev–Trinajstić information content (AvgIpc) is 2.66. The van der Waals surface area contributed by atoms with E-state index < -0.39 is 0 Å². The van der Waals surface area contributed by atoms with Crippen LogP contribution in [0.5, 0.6) is 11.5 Å². The third-order valence-corrected chi connectivity index (χ3v) is 4.44. The van der Waals surface area contributed by atoms with Gasteiger partial charge in [0.2, 0.25) is 5.91 Å². The zero-order chi connectivity index (χ0) is 19.2. The Hall–Kier alpha value is -2.44. The molecule has 3 rings (SSSR count). The Balaban J connectivity index is 1.45. The van der Waals surface area contributed by atoms with E-state index >= 15 is 0 Å². The van der Waals surface area contributed by atoms with Crippen LogP contribution in [0.2, 0.25) is 10.0 Å². The quantitative estimate of drug-likeness (QED) is 0.710. The van der Waals surface area contributed by atoms with Crippen LogP contribution in [0, 0.1) is 0 Å². The van der Waals surface area contributed by atoms with Gasteiger partial charge in [-0.3, -0.25) is 9.59 Å². The fourth-order valence-electron chi connectivity index (χ4n) is 2.53. The maximum atomic E-state index is 12.1. The van der Waals surface area contributed by atoms with Crippen molar-refractivity contribution in [2.24, 2.45) is 0 Å². The number of hydrogen-bond acceptors (Lipinski definition) is 4. The van der Waals surface area contributed by atoms with Crippen molar-refractivity contribution >= 4 is 40.7 Å². The lowest BCUT2D eigenvalue weighted by Crippen LogP contribution is -2.25. The molecule has 0 radical (unpaired) electrons. The molecule has 0 atom stereocenters. The number of carbonyl (C=O) groups excluding carboxylic acids is 2. The molecular weight excluding hydrogens is 391 g/mol. The zero-order valence-electron chi connectivity index (χ0n) is 14.4. The van der Waals surface area contributed by atoms with Crippen LogP contribution in [-0.4, -0.2) is 31.6 Å². The van der Waals surface area contributed by atoms with Crippen LogP contribution in [0.15, 0.2) is 36.4 Å². The number of nitrogens with one attached hydrogen (secondary N) is 2. The Morgan fingerprint density at radius 2 is 1.67 bits per heavy atom. The molecule has 6 nitrogen and oxygen atoms in total. The number of hydrogen-bond donors (Lipinski definition) is 2. The topological polar surface area (TPSA) is 76.7 Å². The van der Waals surface area contributed by atoms with E-state index in [1.807, 2.05) is 0 Å². The molecule has 0 spiro atoms. The first kappa shape index (κ1) is 19.3. The van der Waals surface area contributed by atoms with Crippen molar-refractivity contribution in [2.75, 3.05) is 25.1 Å². The smallest absolute Gasteiger partial charge is 0.251 e. The first-order valence-corrected chi connectivity index (χ1v) is 9.21. The zero-order valence-corrected chi connectivity index (χ0v) is 15.9. The molecular formula is C19H18Cl2N2O4. The lowest BCUT2D eigenvalue weighted by molar-refractivity contribution is -0.116. The molecule has 2 aromatic rings. The van der Waals surface area contributed by atoms with Gasteiger partial charge in [0.15, 0.2) is 11.5 Å². The number of amides is 2. The number of ether oxygens (including phenoxy) is 2. The minimum atomic E-state index is -0.207. The summed E-state index contributed by atoms with van der Waals surface area (Å²) >= 11 is 12.0. The SMILES string of the molecule is O=C(CCCNC(=O)c1ccc(Cl)cc1)Nc1cc2c(cc1Cl)OCCO2. The van der Waals surface area contributed by atoms with Crippen molar-refractivity contribution in [3.8, 4) is 11.5 Å². The van der Waals surface area contributed by atoms with Crippen LogP contribution in [0.3, 0.4) is 0 Å². The van der Waals surface area contributed by atoms with Crippen LogP contribution in [0.25, 0.3) is 0 Å². The minimum absolute atomic E-state index is 0.200. The van der Waals surface area contributed by atoms with Crippen LogP contribution >= 0.6 is 23.2 Å². The van der Waals surface area contributed by atoms with Gasteiger partial charge in [0.25, 0.3) is 5.91 Å². The van der Waals surface area contributed by atoms with Gasteiger partial charge in [-0.25, -0.2) is 0 Å². The van der Waals surface area contributed by atoms with Crippen LogP contribution in [0.4, 0.5) is 5.69 Å². The third-order valence-electron chi connectivity index (χ3n) is 3.88. The summed E-state index contributed by atoms with van der Waals surface area (Å²) in [6.07, 6.45) is 0.735. The first-order valence-electron chi connectivity index (χ1n) is 8.45. The fourth-order valence-corrected chi connectivity index (χ4v) is 2.85. The van der Waals surface area contributed by atoms with Gasteiger partial charge in [-0.1, -0.05) is 23.2 Å². The second-order valence-electron chi connectivity index (χ2n) is 5.89. The second kappa shape index (κ2) is 8.97. The van der Waals surface area contributed by atoms with Crippen molar-refractivity contribution in [3.05, 3.63) is 52.0 Å². The standard InChI is InChI=1S/C19H18Cl2N2O4/c20-13-5-3-12(4-6-13)19(25)22-7-1-2-18(24)23-15-11-17-16(10-14(15)21)26-8-9-27-17/h3-6,10-11H,1-2,7-9H2,(H,22,25)(H,23,24). The lowest BCUT2D eigenvalue weighted by atomic mass is 10.2. The van der Waals surface area contributed by atoms with Crippen LogP contribution in [-0.2, 0) is 4.79 Å². The van der Waals surface area contributed by atoms with Crippen molar-refractivity contribution in [2.45, 2.75) is 12.8 Å². The molecule has 27 heavy (non-hydrogen) atoms. The molecule has 0 saturated heterocycles. The number of rotatable bonds is 6. The molecule has 8 heteroatoms. The van der Waals surface area contributed by atoms with E-state index in [0.29, 0.717) is 59.0 Å². The molecule has 2 amide bonds. The lowest BCUT2D eigenvalue weighted by Gasteiger charge is -2.20. The summed E-state index contributed by atoms with van der Waals surface area (Å²) in [6.45, 7) is 1.30. The fraction of sp³-hybridized carbons (Fsp3) is 0.263. The molecule has 1 heterocycles. The molecule has 2 aromatic carbocycles. The van der Waals surface area contributed by atoms with Gasteiger partial charge < -0.3 is 20.1 Å². The van der Waals surface area contributed by atoms with Gasteiger partial charge in [0.05, 0.1) is 10.7 Å². The highest BCUT2D eigenvalue weighted by Crippen LogP contribution is 2.37. The summed E-state index contributed by atoms with van der Waals surface area (Å²) in [6, 6.07) is 9.87. The number of halogens is 2. The minimum Gasteiger partial charge on any atom is -0.486 e. The molecule has 1 aliphatic heterocycles. The third kappa shape index (κ3) is 5.28. The highest BCUT2D eigenvalue weighted by molar-refractivity contribution is 6.34. The van der Waals surface area contributed by atoms with Crippen molar-refractivity contribution in [1.82, 2.24) is 5.32 Å². The van der Waals surface area contributed by atoms with Crippen molar-refractivity contribution < 1.29 is 19.1 Å². The molecule has 2 N–H and O–H groups in total. The summed E-state index contributed by atoms with van der Waals surface area (Å²) in [4.78, 5) is 24.1. The van der Waals surface area contributed by atoms with Crippen molar-refractivity contribution in [1.29, 1.82) is 0 Å². The Labute approximate surface area is 166 Å². The maximum Gasteiger partial charge on any atom is 0.251 e. The highest BCUT2D eigenvalue weighted by atomic mass is 35.5. The average molecular weight is 409 g/mol. The first-order chi connectivity index (χ1) is 13.0. The van der Waals surface area contributed by atoms with E-state index in [2.05, 4.69) is 10.6 Å². The summed E-state index contributed by atoms with van der Waals surface area (Å²) in [5.74, 6) is 0.710. The molecule has 0 saturated carbocycles. The van der Waals surface area contributed by atoms with E-state index in [1.54, 1.807) is 36.4 Å². The Bertz CT molecular complexity index is 840. The van der Waals surface area contributed by atoms with Crippen LogP contribution < -0.4 is 20.1 Å². The number of benzene rings is 2. The Morgan fingerprint density at radius 1 is 1.00 bits per heavy atom. The summed E-state index contributed by atoms with van der Waals surface area (Å²) < 4.78 is 10.9.